The fourth-order valence-corrected chi connectivity index (χ4v) is 3.25. The molecule has 1 amide bonds. The van der Waals surface area contributed by atoms with E-state index in [2.05, 4.69) is 16.4 Å². The van der Waals surface area contributed by atoms with Gasteiger partial charge in [-0.2, -0.15) is 0 Å². The van der Waals surface area contributed by atoms with Gasteiger partial charge in [0.1, 0.15) is 11.6 Å². The van der Waals surface area contributed by atoms with Crippen molar-refractivity contribution >= 4 is 17.3 Å². The summed E-state index contributed by atoms with van der Waals surface area (Å²) in [5, 5.41) is 12.9. The molecule has 20 heavy (non-hydrogen) atoms. The molecule has 2 N–H and O–H groups in total. The van der Waals surface area contributed by atoms with E-state index in [1.165, 1.54) is 19.3 Å². The molecule has 1 aromatic rings. The number of carbonyl (C=O) groups excluding carboxylic acids is 1. The zero-order valence-corrected chi connectivity index (χ0v) is 12.0. The van der Waals surface area contributed by atoms with Crippen LogP contribution in [0, 0.1) is 19.8 Å². The normalized spacial score (nSPS) is 21.1. The Labute approximate surface area is 118 Å². The van der Waals surface area contributed by atoms with Gasteiger partial charge in [0, 0.05) is 16.7 Å². The Balaban J connectivity index is 2.05. The van der Waals surface area contributed by atoms with Crippen molar-refractivity contribution in [2.24, 2.45) is 5.92 Å². The molecule has 1 aliphatic carbocycles. The summed E-state index contributed by atoms with van der Waals surface area (Å²) >= 11 is 0. The monoisotopic (exact) mass is 272 g/mol. The standard InChI is InChI=1S/C16H20N2O2/c1-9-13-12(8-11-6-4-3-5-7-11)16(20)18-15(13)17-10(2)14(9)19/h8,11,19H,3-7H2,1-2H3,(H,17,18,20)/b12-8-. The first kappa shape index (κ1) is 13.2. The number of hydrogen-bond donors (Lipinski definition) is 2. The fraction of sp³-hybridized carbons (Fsp3) is 0.500. The molecule has 4 nitrogen and oxygen atoms in total. The fourth-order valence-electron chi connectivity index (χ4n) is 3.25. The quantitative estimate of drug-likeness (QED) is 0.771. The van der Waals surface area contributed by atoms with E-state index in [1.807, 2.05) is 6.92 Å². The summed E-state index contributed by atoms with van der Waals surface area (Å²) in [5.74, 6) is 1.16. The number of pyridine rings is 1. The number of fused-ring (bicyclic) bond motifs is 1. The van der Waals surface area contributed by atoms with E-state index in [1.54, 1.807) is 6.92 Å². The maximum atomic E-state index is 12.2. The molecule has 1 fully saturated rings. The van der Waals surface area contributed by atoms with Gasteiger partial charge < -0.3 is 10.4 Å². The number of rotatable bonds is 1. The van der Waals surface area contributed by atoms with Gasteiger partial charge in [-0.1, -0.05) is 25.3 Å². The van der Waals surface area contributed by atoms with E-state index < -0.39 is 0 Å². The highest BCUT2D eigenvalue weighted by molar-refractivity contribution is 6.31. The van der Waals surface area contributed by atoms with E-state index in [9.17, 15) is 9.90 Å². The highest BCUT2D eigenvalue weighted by Gasteiger charge is 2.30. The van der Waals surface area contributed by atoms with Crippen LogP contribution in [0.15, 0.2) is 6.08 Å². The lowest BCUT2D eigenvalue weighted by Crippen LogP contribution is -2.08. The average molecular weight is 272 g/mol. The first-order valence-corrected chi connectivity index (χ1v) is 7.31. The van der Waals surface area contributed by atoms with Gasteiger partial charge in [0.05, 0.1) is 5.69 Å². The number of hydrogen-bond acceptors (Lipinski definition) is 3. The van der Waals surface area contributed by atoms with Crippen LogP contribution in [0.2, 0.25) is 0 Å². The topological polar surface area (TPSA) is 62.2 Å². The summed E-state index contributed by atoms with van der Waals surface area (Å²) in [6.45, 7) is 3.59. The Hall–Kier alpha value is -1.84. The van der Waals surface area contributed by atoms with Crippen molar-refractivity contribution in [2.75, 3.05) is 5.32 Å². The van der Waals surface area contributed by atoms with Crippen LogP contribution in [-0.4, -0.2) is 16.0 Å². The summed E-state index contributed by atoms with van der Waals surface area (Å²) in [7, 11) is 0. The lowest BCUT2D eigenvalue weighted by Gasteiger charge is -2.18. The summed E-state index contributed by atoms with van der Waals surface area (Å²) in [6.07, 6.45) is 8.15. The van der Waals surface area contributed by atoms with Crippen molar-refractivity contribution < 1.29 is 9.90 Å². The smallest absolute Gasteiger partial charge is 0.257 e. The van der Waals surface area contributed by atoms with Crippen LogP contribution in [0.25, 0.3) is 5.57 Å². The molecular formula is C16H20N2O2. The lowest BCUT2D eigenvalue weighted by atomic mass is 9.86. The molecule has 0 atom stereocenters. The Morgan fingerprint density at radius 3 is 2.65 bits per heavy atom. The number of carbonyl (C=O) groups is 1. The molecule has 0 bridgehead atoms. The van der Waals surface area contributed by atoms with E-state index in [0.717, 1.165) is 24.0 Å². The van der Waals surface area contributed by atoms with Gasteiger partial charge in [-0.15, -0.1) is 0 Å². The van der Waals surface area contributed by atoms with Crippen LogP contribution in [0.3, 0.4) is 0 Å². The summed E-state index contributed by atoms with van der Waals surface area (Å²) < 4.78 is 0. The molecule has 0 aromatic carbocycles. The van der Waals surface area contributed by atoms with Gasteiger partial charge in [-0.3, -0.25) is 4.79 Å². The molecule has 3 rings (SSSR count). The van der Waals surface area contributed by atoms with Gasteiger partial charge in [-0.05, 0) is 32.6 Å². The van der Waals surface area contributed by atoms with Gasteiger partial charge >= 0.3 is 0 Å². The summed E-state index contributed by atoms with van der Waals surface area (Å²) in [6, 6.07) is 0. The minimum atomic E-state index is -0.0915. The first-order chi connectivity index (χ1) is 9.58. The predicted octanol–water partition coefficient (Wildman–Crippen LogP) is 3.32. The van der Waals surface area contributed by atoms with Crippen molar-refractivity contribution in [3.05, 3.63) is 22.9 Å². The number of anilines is 1. The molecule has 0 saturated heterocycles. The number of aromatic nitrogens is 1. The molecule has 4 heteroatoms. The molecule has 2 aliphatic rings. The highest BCUT2D eigenvalue weighted by Crippen LogP contribution is 2.39. The number of nitrogens with zero attached hydrogens (tertiary/aromatic N) is 1. The molecule has 2 heterocycles. The Kier molecular flexibility index (Phi) is 3.24. The maximum absolute atomic E-state index is 12.2. The second-order valence-electron chi connectivity index (χ2n) is 5.83. The van der Waals surface area contributed by atoms with Crippen molar-refractivity contribution in [1.29, 1.82) is 0 Å². The molecular weight excluding hydrogens is 252 g/mol. The Morgan fingerprint density at radius 1 is 1.25 bits per heavy atom. The molecule has 0 spiro atoms. The number of amides is 1. The third kappa shape index (κ3) is 2.09. The van der Waals surface area contributed by atoms with Gasteiger partial charge in [-0.25, -0.2) is 4.98 Å². The summed E-state index contributed by atoms with van der Waals surface area (Å²) in [4.78, 5) is 16.5. The molecule has 0 unspecified atom stereocenters. The van der Waals surface area contributed by atoms with E-state index >= 15 is 0 Å². The van der Waals surface area contributed by atoms with Crippen molar-refractivity contribution in [1.82, 2.24) is 4.98 Å². The van der Waals surface area contributed by atoms with Gasteiger partial charge in [0.15, 0.2) is 0 Å². The van der Waals surface area contributed by atoms with Crippen molar-refractivity contribution in [2.45, 2.75) is 46.0 Å². The largest absolute Gasteiger partial charge is 0.506 e. The second-order valence-corrected chi connectivity index (χ2v) is 5.83. The minimum absolute atomic E-state index is 0.0915. The maximum Gasteiger partial charge on any atom is 0.257 e. The first-order valence-electron chi connectivity index (χ1n) is 7.31. The second kappa shape index (κ2) is 4.93. The van der Waals surface area contributed by atoms with Crippen LogP contribution in [-0.2, 0) is 4.79 Å². The zero-order chi connectivity index (χ0) is 14.3. The number of aryl methyl sites for hydroxylation is 1. The van der Waals surface area contributed by atoms with E-state index in [0.29, 0.717) is 23.0 Å². The number of aromatic hydroxyl groups is 1. The highest BCUT2D eigenvalue weighted by atomic mass is 16.3. The van der Waals surface area contributed by atoms with Crippen molar-refractivity contribution in [3.63, 3.8) is 0 Å². The zero-order valence-electron chi connectivity index (χ0n) is 12.0. The SMILES string of the molecule is Cc1nc2c(c(C)c1O)/C(=C/C1CCCCC1)C(=O)N2. The third-order valence-corrected chi connectivity index (χ3v) is 4.39. The van der Waals surface area contributed by atoms with Gasteiger partial charge in [0.25, 0.3) is 5.91 Å². The van der Waals surface area contributed by atoms with Crippen LogP contribution < -0.4 is 5.32 Å². The molecule has 106 valence electrons. The molecule has 1 aromatic heterocycles. The Morgan fingerprint density at radius 2 is 1.95 bits per heavy atom. The van der Waals surface area contributed by atoms with Crippen LogP contribution >= 0.6 is 0 Å². The van der Waals surface area contributed by atoms with E-state index in [-0.39, 0.29) is 11.7 Å². The van der Waals surface area contributed by atoms with Crippen LogP contribution in [0.4, 0.5) is 5.82 Å². The number of nitrogens with one attached hydrogen (secondary N) is 1. The van der Waals surface area contributed by atoms with E-state index in [4.69, 9.17) is 0 Å². The average Bonchev–Trinajstić information content (AvgIpc) is 2.74. The van der Waals surface area contributed by atoms with Gasteiger partial charge in [0.2, 0.25) is 0 Å². The van der Waals surface area contributed by atoms with Crippen LogP contribution in [0.1, 0.15) is 48.9 Å². The molecule has 1 saturated carbocycles. The lowest BCUT2D eigenvalue weighted by molar-refractivity contribution is -0.110. The third-order valence-electron chi connectivity index (χ3n) is 4.39. The van der Waals surface area contributed by atoms with Crippen molar-refractivity contribution in [3.8, 4) is 5.75 Å². The molecule has 1 aliphatic heterocycles. The number of allylic oxidation sites excluding steroid dienone is 1. The summed E-state index contributed by atoms with van der Waals surface area (Å²) in [5.41, 5.74) is 2.77. The Bertz CT molecular complexity index is 599. The molecule has 0 radical (unpaired) electrons. The predicted molar refractivity (Wildman–Crippen MR) is 78.6 cm³/mol. The minimum Gasteiger partial charge on any atom is -0.506 e. The van der Waals surface area contributed by atoms with Crippen LogP contribution in [0.5, 0.6) is 5.75 Å².